The number of rotatable bonds is 9. The first-order chi connectivity index (χ1) is 12.5. The van der Waals surface area contributed by atoms with Crippen LogP contribution in [0, 0.1) is 11.7 Å². The third kappa shape index (κ3) is 6.31. The fourth-order valence-electron chi connectivity index (χ4n) is 2.85. The molecule has 138 valence electrons. The Kier molecular flexibility index (Phi) is 7.33. The number of hydrogen-bond acceptors (Lipinski definition) is 2. The molecule has 0 aliphatic heterocycles. The summed E-state index contributed by atoms with van der Waals surface area (Å²) in [6.07, 6.45) is 1.20. The Morgan fingerprint density at radius 3 is 2.35 bits per heavy atom. The highest BCUT2D eigenvalue weighted by Gasteiger charge is 2.20. The van der Waals surface area contributed by atoms with Crippen LogP contribution in [0.15, 0.2) is 54.6 Å². The fraction of sp³-hybridized carbons (Fsp3) is 0.333. The van der Waals surface area contributed by atoms with Crippen molar-refractivity contribution in [3.63, 3.8) is 0 Å². The maximum Gasteiger partial charge on any atom is 0.303 e. The van der Waals surface area contributed by atoms with Gasteiger partial charge >= 0.3 is 5.97 Å². The zero-order valence-electron chi connectivity index (χ0n) is 14.8. The molecule has 5 heteroatoms. The first-order valence-corrected chi connectivity index (χ1v) is 8.75. The van der Waals surface area contributed by atoms with Gasteiger partial charge in [0, 0.05) is 18.4 Å². The lowest BCUT2D eigenvalue weighted by Gasteiger charge is -2.21. The third-order valence-electron chi connectivity index (χ3n) is 4.31. The molecule has 0 aromatic heterocycles. The van der Waals surface area contributed by atoms with Gasteiger partial charge in [-0.2, -0.15) is 0 Å². The van der Waals surface area contributed by atoms with Gasteiger partial charge in [-0.15, -0.1) is 0 Å². The SMILES string of the molecule is CC(Cc1ccccc1F)C(=O)NC(CCC(=O)O)Cc1ccccc1. The molecule has 1 amide bonds. The van der Waals surface area contributed by atoms with Crippen LogP contribution in [-0.4, -0.2) is 23.0 Å². The predicted molar refractivity (Wildman–Crippen MR) is 98.2 cm³/mol. The molecular formula is C21H24FNO3. The second kappa shape index (κ2) is 9.70. The van der Waals surface area contributed by atoms with Crippen molar-refractivity contribution < 1.29 is 19.1 Å². The lowest BCUT2D eigenvalue weighted by molar-refractivity contribution is -0.137. The molecule has 0 saturated carbocycles. The van der Waals surface area contributed by atoms with E-state index < -0.39 is 11.9 Å². The molecule has 0 saturated heterocycles. The predicted octanol–water partition coefficient (Wildman–Crippen LogP) is 3.60. The van der Waals surface area contributed by atoms with E-state index in [0.29, 0.717) is 24.8 Å². The standard InChI is InChI=1S/C21H24FNO3/c1-15(13-17-9-5-6-10-19(17)22)21(26)23-18(11-12-20(24)25)14-16-7-3-2-4-8-16/h2-10,15,18H,11-14H2,1H3,(H,23,26)(H,24,25). The van der Waals surface area contributed by atoms with E-state index in [-0.39, 0.29) is 24.2 Å². The monoisotopic (exact) mass is 357 g/mol. The molecule has 2 aromatic carbocycles. The number of carbonyl (C=O) groups excluding carboxylic acids is 1. The fourth-order valence-corrected chi connectivity index (χ4v) is 2.85. The Morgan fingerprint density at radius 1 is 1.04 bits per heavy atom. The molecule has 2 rings (SSSR count). The minimum atomic E-state index is -0.892. The van der Waals surface area contributed by atoms with E-state index in [1.807, 2.05) is 30.3 Å². The minimum absolute atomic E-state index is 0.0144. The molecule has 2 N–H and O–H groups in total. The molecule has 26 heavy (non-hydrogen) atoms. The maximum atomic E-state index is 13.8. The van der Waals surface area contributed by atoms with Crippen molar-refractivity contribution in [2.24, 2.45) is 5.92 Å². The molecule has 4 nitrogen and oxygen atoms in total. The number of carboxylic acids is 1. The van der Waals surface area contributed by atoms with Crippen LogP contribution >= 0.6 is 0 Å². The van der Waals surface area contributed by atoms with E-state index in [1.54, 1.807) is 25.1 Å². The number of nitrogens with one attached hydrogen (secondary N) is 1. The van der Waals surface area contributed by atoms with Gasteiger partial charge < -0.3 is 10.4 Å². The lowest BCUT2D eigenvalue weighted by atomic mass is 9.97. The zero-order valence-corrected chi connectivity index (χ0v) is 14.8. The summed E-state index contributed by atoms with van der Waals surface area (Å²) < 4.78 is 13.8. The lowest BCUT2D eigenvalue weighted by Crippen LogP contribution is -2.40. The number of halogens is 1. The van der Waals surface area contributed by atoms with Crippen molar-refractivity contribution in [3.05, 3.63) is 71.5 Å². The van der Waals surface area contributed by atoms with Crippen LogP contribution in [0.4, 0.5) is 4.39 Å². The van der Waals surface area contributed by atoms with Crippen molar-refractivity contribution in [2.75, 3.05) is 0 Å². The second-order valence-electron chi connectivity index (χ2n) is 6.52. The molecule has 0 spiro atoms. The van der Waals surface area contributed by atoms with Gasteiger partial charge in [-0.1, -0.05) is 55.5 Å². The van der Waals surface area contributed by atoms with Gasteiger partial charge in [-0.05, 0) is 36.5 Å². The molecule has 0 fully saturated rings. The van der Waals surface area contributed by atoms with Crippen LogP contribution in [0.25, 0.3) is 0 Å². The summed E-state index contributed by atoms with van der Waals surface area (Å²) in [5.41, 5.74) is 1.53. The van der Waals surface area contributed by atoms with E-state index in [9.17, 15) is 14.0 Å². The first kappa shape index (κ1) is 19.6. The third-order valence-corrected chi connectivity index (χ3v) is 4.31. The quantitative estimate of drug-likeness (QED) is 0.721. The number of aliphatic carboxylic acids is 1. The van der Waals surface area contributed by atoms with Crippen molar-refractivity contribution in [1.82, 2.24) is 5.32 Å². The van der Waals surface area contributed by atoms with Crippen LogP contribution in [0.1, 0.15) is 30.9 Å². The molecule has 0 aliphatic carbocycles. The number of amides is 1. The Bertz CT molecular complexity index is 733. The second-order valence-corrected chi connectivity index (χ2v) is 6.52. The van der Waals surface area contributed by atoms with Gasteiger partial charge in [0.05, 0.1) is 0 Å². The van der Waals surface area contributed by atoms with Gasteiger partial charge in [0.25, 0.3) is 0 Å². The Morgan fingerprint density at radius 2 is 1.69 bits per heavy atom. The van der Waals surface area contributed by atoms with Crippen molar-refractivity contribution in [2.45, 2.75) is 38.6 Å². The van der Waals surface area contributed by atoms with E-state index in [4.69, 9.17) is 5.11 Å². The Labute approximate surface area is 153 Å². The Balaban J connectivity index is 1.99. The topological polar surface area (TPSA) is 66.4 Å². The van der Waals surface area contributed by atoms with Gasteiger partial charge in [-0.25, -0.2) is 4.39 Å². The summed E-state index contributed by atoms with van der Waals surface area (Å²) in [4.78, 5) is 23.4. The van der Waals surface area contributed by atoms with Gasteiger partial charge in [-0.3, -0.25) is 9.59 Å². The number of carboxylic acid groups (broad SMARTS) is 1. The van der Waals surface area contributed by atoms with Gasteiger partial charge in [0.2, 0.25) is 5.91 Å². The van der Waals surface area contributed by atoms with E-state index in [0.717, 1.165) is 5.56 Å². The number of hydrogen-bond donors (Lipinski definition) is 2. The molecule has 0 aliphatic rings. The zero-order chi connectivity index (χ0) is 18.9. The summed E-state index contributed by atoms with van der Waals surface area (Å²) in [7, 11) is 0. The molecular weight excluding hydrogens is 333 g/mol. The molecule has 2 aromatic rings. The largest absolute Gasteiger partial charge is 0.481 e. The summed E-state index contributed by atoms with van der Waals surface area (Å²) in [6, 6.07) is 15.8. The van der Waals surface area contributed by atoms with E-state index in [2.05, 4.69) is 5.32 Å². The smallest absolute Gasteiger partial charge is 0.303 e. The minimum Gasteiger partial charge on any atom is -0.481 e. The first-order valence-electron chi connectivity index (χ1n) is 8.75. The van der Waals surface area contributed by atoms with Crippen molar-refractivity contribution >= 4 is 11.9 Å². The molecule has 0 bridgehead atoms. The average molecular weight is 357 g/mol. The van der Waals surface area contributed by atoms with Gasteiger partial charge in [0.15, 0.2) is 0 Å². The summed E-state index contributed by atoms with van der Waals surface area (Å²) >= 11 is 0. The van der Waals surface area contributed by atoms with Crippen molar-refractivity contribution in [1.29, 1.82) is 0 Å². The van der Waals surface area contributed by atoms with Crippen LogP contribution in [0.2, 0.25) is 0 Å². The summed E-state index contributed by atoms with van der Waals surface area (Å²) in [5, 5.41) is 11.9. The Hall–Kier alpha value is -2.69. The van der Waals surface area contributed by atoms with Crippen LogP contribution in [0.3, 0.4) is 0 Å². The molecule has 2 atom stereocenters. The number of carbonyl (C=O) groups is 2. The highest BCUT2D eigenvalue weighted by molar-refractivity contribution is 5.79. The van der Waals surface area contributed by atoms with E-state index in [1.165, 1.54) is 6.07 Å². The normalized spacial score (nSPS) is 13.0. The highest BCUT2D eigenvalue weighted by Crippen LogP contribution is 2.14. The van der Waals surface area contributed by atoms with Crippen LogP contribution in [0.5, 0.6) is 0 Å². The number of benzene rings is 2. The molecule has 0 radical (unpaired) electrons. The molecule has 2 unspecified atom stereocenters. The van der Waals surface area contributed by atoms with E-state index >= 15 is 0 Å². The summed E-state index contributed by atoms with van der Waals surface area (Å²) in [5.74, 6) is -1.81. The van der Waals surface area contributed by atoms with Gasteiger partial charge in [0.1, 0.15) is 5.82 Å². The summed E-state index contributed by atoms with van der Waals surface area (Å²) in [6.45, 7) is 1.75. The average Bonchev–Trinajstić information content (AvgIpc) is 2.62. The molecule has 0 heterocycles. The highest BCUT2D eigenvalue weighted by atomic mass is 19.1. The van der Waals surface area contributed by atoms with Crippen molar-refractivity contribution in [3.8, 4) is 0 Å². The van der Waals surface area contributed by atoms with Crippen LogP contribution < -0.4 is 5.32 Å². The van der Waals surface area contributed by atoms with Crippen LogP contribution in [-0.2, 0) is 22.4 Å². The maximum absolute atomic E-state index is 13.8.